The van der Waals surface area contributed by atoms with Crippen molar-refractivity contribution in [2.24, 2.45) is 0 Å². The molecule has 0 unspecified atom stereocenters. The summed E-state index contributed by atoms with van der Waals surface area (Å²) in [6, 6.07) is 4.39. The van der Waals surface area contributed by atoms with E-state index in [4.69, 9.17) is 16.7 Å². The van der Waals surface area contributed by atoms with Gasteiger partial charge in [0.05, 0.1) is 0 Å². The number of carboxylic acid groups (broad SMARTS) is 1. The van der Waals surface area contributed by atoms with E-state index in [0.717, 1.165) is 0 Å². The van der Waals surface area contributed by atoms with Crippen LogP contribution in [-0.2, 0) is 11.2 Å². The predicted octanol–water partition coefficient (Wildman–Crippen LogP) is 2.91. The Morgan fingerprint density at radius 2 is 2.13 bits per heavy atom. The summed E-state index contributed by atoms with van der Waals surface area (Å²) in [7, 11) is 0. The molecule has 0 aromatic heterocycles. The summed E-state index contributed by atoms with van der Waals surface area (Å²) in [5.41, 5.74) is 0.843. The third kappa shape index (κ3) is 2.89. The van der Waals surface area contributed by atoms with Crippen LogP contribution in [0.4, 0.5) is 8.78 Å². The summed E-state index contributed by atoms with van der Waals surface area (Å²) in [5, 5.41) is 8.71. The van der Waals surface area contributed by atoms with Gasteiger partial charge in [-0.05, 0) is 30.2 Å². The first kappa shape index (κ1) is 11.9. The number of benzene rings is 1. The third-order valence-corrected chi connectivity index (χ3v) is 2.27. The number of hydrogen-bond donors (Lipinski definition) is 1. The molecule has 15 heavy (non-hydrogen) atoms. The molecular formula is C10H9ClF2O2. The summed E-state index contributed by atoms with van der Waals surface area (Å²) in [5.74, 6) is -5.85. The first-order chi connectivity index (χ1) is 6.83. The molecule has 0 saturated heterocycles. The Balaban J connectivity index is 2.95. The molecule has 82 valence electrons. The van der Waals surface area contributed by atoms with Crippen molar-refractivity contribution in [1.82, 2.24) is 0 Å². The van der Waals surface area contributed by atoms with E-state index in [1.807, 2.05) is 0 Å². The lowest BCUT2D eigenvalue weighted by atomic mass is 10.0. The van der Waals surface area contributed by atoms with Crippen LogP contribution in [-0.4, -0.2) is 17.0 Å². The van der Waals surface area contributed by atoms with Crippen molar-refractivity contribution in [2.45, 2.75) is 19.3 Å². The van der Waals surface area contributed by atoms with Gasteiger partial charge in [0.1, 0.15) is 0 Å². The van der Waals surface area contributed by atoms with E-state index in [1.54, 1.807) is 6.92 Å². The van der Waals surface area contributed by atoms with Crippen molar-refractivity contribution < 1.29 is 18.7 Å². The van der Waals surface area contributed by atoms with E-state index in [1.165, 1.54) is 18.2 Å². The summed E-state index contributed by atoms with van der Waals surface area (Å²) >= 11 is 5.65. The van der Waals surface area contributed by atoms with E-state index in [0.29, 0.717) is 10.6 Å². The van der Waals surface area contributed by atoms with Crippen LogP contribution in [0.2, 0.25) is 5.02 Å². The molecule has 2 nitrogen and oxygen atoms in total. The average molecular weight is 235 g/mol. The van der Waals surface area contributed by atoms with Crippen molar-refractivity contribution in [1.29, 1.82) is 0 Å². The molecule has 0 radical (unpaired) electrons. The van der Waals surface area contributed by atoms with Gasteiger partial charge in [0.25, 0.3) is 0 Å². The molecule has 0 aliphatic rings. The molecule has 1 rings (SSSR count). The molecule has 1 aromatic carbocycles. The highest BCUT2D eigenvalue weighted by molar-refractivity contribution is 6.30. The van der Waals surface area contributed by atoms with E-state index in [2.05, 4.69) is 0 Å². The standard InChI is InChI=1S/C10H9ClF2O2/c1-6-4-8(11)3-2-7(6)5-10(12,13)9(14)15/h2-4H,5H2,1H3,(H,14,15). The predicted molar refractivity (Wildman–Crippen MR) is 52.5 cm³/mol. The zero-order valence-electron chi connectivity index (χ0n) is 7.93. The van der Waals surface area contributed by atoms with Gasteiger partial charge in [0.2, 0.25) is 0 Å². The minimum Gasteiger partial charge on any atom is -0.477 e. The zero-order valence-corrected chi connectivity index (χ0v) is 8.68. The smallest absolute Gasteiger partial charge is 0.374 e. The van der Waals surface area contributed by atoms with Crippen LogP contribution in [0.15, 0.2) is 18.2 Å². The molecule has 1 N–H and O–H groups in total. The maximum absolute atomic E-state index is 12.9. The maximum atomic E-state index is 12.9. The molecule has 0 atom stereocenters. The largest absolute Gasteiger partial charge is 0.477 e. The van der Waals surface area contributed by atoms with E-state index < -0.39 is 18.3 Å². The monoisotopic (exact) mass is 234 g/mol. The molecule has 0 amide bonds. The maximum Gasteiger partial charge on any atom is 0.374 e. The van der Waals surface area contributed by atoms with Gasteiger partial charge >= 0.3 is 11.9 Å². The van der Waals surface area contributed by atoms with Gasteiger partial charge in [-0.3, -0.25) is 0 Å². The Labute approximate surface area is 90.5 Å². The van der Waals surface area contributed by atoms with Crippen LogP contribution < -0.4 is 0 Å². The quantitative estimate of drug-likeness (QED) is 0.873. The lowest BCUT2D eigenvalue weighted by molar-refractivity contribution is -0.164. The second-order valence-corrected chi connectivity index (χ2v) is 3.69. The number of halogens is 3. The van der Waals surface area contributed by atoms with Gasteiger partial charge in [-0.1, -0.05) is 17.7 Å². The Kier molecular flexibility index (Phi) is 3.29. The highest BCUT2D eigenvalue weighted by atomic mass is 35.5. The Bertz CT molecular complexity index is 391. The lowest BCUT2D eigenvalue weighted by Crippen LogP contribution is -2.30. The molecule has 0 aliphatic heterocycles. The normalized spacial score (nSPS) is 11.5. The zero-order chi connectivity index (χ0) is 11.6. The second-order valence-electron chi connectivity index (χ2n) is 3.26. The molecule has 0 aliphatic carbocycles. The number of hydrogen-bond acceptors (Lipinski definition) is 1. The van der Waals surface area contributed by atoms with Crippen LogP contribution in [0.3, 0.4) is 0 Å². The van der Waals surface area contributed by atoms with E-state index in [-0.39, 0.29) is 5.56 Å². The highest BCUT2D eigenvalue weighted by Gasteiger charge is 2.39. The summed E-state index contributed by atoms with van der Waals surface area (Å²) in [4.78, 5) is 10.2. The molecule has 0 saturated carbocycles. The number of rotatable bonds is 3. The fourth-order valence-corrected chi connectivity index (χ4v) is 1.40. The molecule has 5 heteroatoms. The highest BCUT2D eigenvalue weighted by Crippen LogP contribution is 2.24. The first-order valence-electron chi connectivity index (χ1n) is 4.19. The molecular weight excluding hydrogens is 226 g/mol. The second kappa shape index (κ2) is 4.14. The number of carbonyl (C=O) groups is 1. The topological polar surface area (TPSA) is 37.3 Å². The number of aryl methyl sites for hydroxylation is 1. The fourth-order valence-electron chi connectivity index (χ4n) is 1.17. The van der Waals surface area contributed by atoms with Crippen molar-refractivity contribution >= 4 is 17.6 Å². The van der Waals surface area contributed by atoms with Crippen LogP contribution in [0, 0.1) is 6.92 Å². The van der Waals surface area contributed by atoms with Crippen LogP contribution in [0.5, 0.6) is 0 Å². The Morgan fingerprint density at radius 1 is 1.53 bits per heavy atom. The van der Waals surface area contributed by atoms with Crippen molar-refractivity contribution in [3.8, 4) is 0 Å². The van der Waals surface area contributed by atoms with Gasteiger partial charge in [-0.25, -0.2) is 4.79 Å². The molecule has 0 heterocycles. The van der Waals surface area contributed by atoms with Gasteiger partial charge in [-0.2, -0.15) is 8.78 Å². The van der Waals surface area contributed by atoms with Crippen LogP contribution >= 0.6 is 11.6 Å². The van der Waals surface area contributed by atoms with Crippen LogP contribution in [0.1, 0.15) is 11.1 Å². The SMILES string of the molecule is Cc1cc(Cl)ccc1CC(F)(F)C(=O)O. The Hall–Kier alpha value is -1.16. The summed E-state index contributed by atoms with van der Waals surface area (Å²) in [6.45, 7) is 1.61. The number of carboxylic acids is 1. The third-order valence-electron chi connectivity index (χ3n) is 2.03. The van der Waals surface area contributed by atoms with Crippen molar-refractivity contribution in [3.63, 3.8) is 0 Å². The van der Waals surface area contributed by atoms with Gasteiger partial charge in [0.15, 0.2) is 0 Å². The van der Waals surface area contributed by atoms with Crippen molar-refractivity contribution in [2.75, 3.05) is 0 Å². The molecule has 0 bridgehead atoms. The summed E-state index contributed by atoms with van der Waals surface area (Å²) < 4.78 is 25.8. The minimum atomic E-state index is -3.74. The fraction of sp³-hybridized carbons (Fsp3) is 0.300. The van der Waals surface area contributed by atoms with E-state index >= 15 is 0 Å². The summed E-state index contributed by atoms with van der Waals surface area (Å²) in [6.07, 6.45) is -0.814. The van der Waals surface area contributed by atoms with Gasteiger partial charge in [0, 0.05) is 11.4 Å². The average Bonchev–Trinajstić information content (AvgIpc) is 2.09. The van der Waals surface area contributed by atoms with Crippen molar-refractivity contribution in [3.05, 3.63) is 34.3 Å². The lowest BCUT2D eigenvalue weighted by Gasteiger charge is -2.12. The van der Waals surface area contributed by atoms with Gasteiger partial charge < -0.3 is 5.11 Å². The van der Waals surface area contributed by atoms with Gasteiger partial charge in [-0.15, -0.1) is 0 Å². The van der Waals surface area contributed by atoms with E-state index in [9.17, 15) is 13.6 Å². The number of alkyl halides is 2. The molecule has 1 aromatic rings. The number of aliphatic carboxylic acids is 1. The Morgan fingerprint density at radius 3 is 2.60 bits per heavy atom. The molecule has 0 fully saturated rings. The first-order valence-corrected chi connectivity index (χ1v) is 4.57. The van der Waals surface area contributed by atoms with Crippen LogP contribution in [0.25, 0.3) is 0 Å². The molecule has 0 spiro atoms. The minimum absolute atomic E-state index is 0.284.